The number of aromatic amines is 1. The number of hydrogen-bond donors (Lipinski definition) is 3. The second-order valence-corrected chi connectivity index (χ2v) is 6.59. The lowest BCUT2D eigenvalue weighted by molar-refractivity contribution is -0.150. The molecule has 10 heteroatoms. The number of hydrogen-bond acceptors (Lipinski definition) is 8. The number of fused-ring (bicyclic) bond motifs is 2. The first kappa shape index (κ1) is 18.0. The molecule has 1 aliphatic rings. The van der Waals surface area contributed by atoms with Crippen molar-refractivity contribution in [3.05, 3.63) is 51.4 Å². The van der Waals surface area contributed by atoms with E-state index in [0.29, 0.717) is 18.7 Å². The van der Waals surface area contributed by atoms with Gasteiger partial charge in [0, 0.05) is 19.2 Å². The molecule has 10 nitrogen and oxygen atoms in total. The number of carbonyl (C=O) groups excluding carboxylic acids is 1. The van der Waals surface area contributed by atoms with Crippen molar-refractivity contribution in [1.82, 2.24) is 24.5 Å². The fourth-order valence-electron chi connectivity index (χ4n) is 3.57. The van der Waals surface area contributed by atoms with Gasteiger partial charge in [-0.3, -0.25) is 14.8 Å². The van der Waals surface area contributed by atoms with Crippen molar-refractivity contribution < 1.29 is 14.6 Å². The van der Waals surface area contributed by atoms with E-state index in [-0.39, 0.29) is 42.2 Å². The van der Waals surface area contributed by atoms with E-state index < -0.39 is 6.04 Å². The standard InChI is InChI=1S/C18H20N6O4/c1-2-28-16(27)15-13-4-3-12(25)7-10(13)5-6-23(15)9-11-8-14(26)24-18(20-11)21-17(19)22-24/h3-4,7-8,15,25H,2,5-6,9H2,1H3,(H3,19,20,21,22). The molecular weight excluding hydrogens is 364 g/mol. The van der Waals surface area contributed by atoms with Gasteiger partial charge in [0.15, 0.2) is 0 Å². The highest BCUT2D eigenvalue weighted by Crippen LogP contribution is 2.33. The summed E-state index contributed by atoms with van der Waals surface area (Å²) in [5, 5.41) is 12.4. The molecule has 0 saturated heterocycles. The average Bonchev–Trinajstić information content (AvgIpc) is 3.02. The van der Waals surface area contributed by atoms with Crippen LogP contribution in [0, 0.1) is 0 Å². The van der Waals surface area contributed by atoms with Crippen LogP contribution in [-0.4, -0.2) is 48.7 Å². The highest BCUT2D eigenvalue weighted by Gasteiger charge is 2.34. The lowest BCUT2D eigenvalue weighted by Gasteiger charge is -2.35. The quantitative estimate of drug-likeness (QED) is 0.548. The zero-order chi connectivity index (χ0) is 19.8. The number of rotatable bonds is 4. The van der Waals surface area contributed by atoms with Gasteiger partial charge < -0.3 is 15.6 Å². The summed E-state index contributed by atoms with van der Waals surface area (Å²) < 4.78 is 6.43. The molecule has 0 fully saturated rings. The van der Waals surface area contributed by atoms with Crippen LogP contribution in [0.3, 0.4) is 0 Å². The average molecular weight is 384 g/mol. The van der Waals surface area contributed by atoms with E-state index in [9.17, 15) is 14.7 Å². The van der Waals surface area contributed by atoms with Crippen LogP contribution in [0.4, 0.5) is 5.95 Å². The molecule has 1 aromatic carbocycles. The predicted octanol–water partition coefficient (Wildman–Crippen LogP) is 0.368. The van der Waals surface area contributed by atoms with Gasteiger partial charge in [0.25, 0.3) is 11.3 Å². The van der Waals surface area contributed by atoms with E-state index >= 15 is 0 Å². The van der Waals surface area contributed by atoms with Gasteiger partial charge in [-0.2, -0.15) is 9.50 Å². The maximum absolute atomic E-state index is 12.7. The molecule has 4 N–H and O–H groups in total. The van der Waals surface area contributed by atoms with Crippen LogP contribution in [0.2, 0.25) is 0 Å². The van der Waals surface area contributed by atoms with Crippen molar-refractivity contribution in [2.24, 2.45) is 0 Å². The molecule has 0 aliphatic carbocycles. The molecule has 0 saturated carbocycles. The smallest absolute Gasteiger partial charge is 0.328 e. The molecule has 1 atom stereocenters. The topological polar surface area (TPSA) is 139 Å². The predicted molar refractivity (Wildman–Crippen MR) is 99.6 cm³/mol. The van der Waals surface area contributed by atoms with Gasteiger partial charge in [0.05, 0.1) is 12.3 Å². The summed E-state index contributed by atoms with van der Waals surface area (Å²) in [5.41, 5.74) is 7.42. The minimum atomic E-state index is -0.645. The monoisotopic (exact) mass is 384 g/mol. The Kier molecular flexibility index (Phi) is 4.47. The van der Waals surface area contributed by atoms with Crippen LogP contribution in [0.25, 0.3) is 5.78 Å². The molecule has 0 spiro atoms. The Balaban J connectivity index is 1.70. The van der Waals surface area contributed by atoms with Crippen LogP contribution in [0.5, 0.6) is 5.75 Å². The molecule has 3 aromatic rings. The molecule has 1 unspecified atom stereocenters. The van der Waals surface area contributed by atoms with E-state index in [2.05, 4.69) is 15.1 Å². The van der Waals surface area contributed by atoms with Gasteiger partial charge in [-0.1, -0.05) is 6.07 Å². The number of nitrogens with one attached hydrogen (secondary N) is 1. The highest BCUT2D eigenvalue weighted by molar-refractivity contribution is 5.78. The number of aromatic nitrogens is 4. The molecule has 0 amide bonds. The van der Waals surface area contributed by atoms with Gasteiger partial charge in [0.2, 0.25) is 5.95 Å². The van der Waals surface area contributed by atoms with Crippen LogP contribution >= 0.6 is 0 Å². The van der Waals surface area contributed by atoms with Gasteiger partial charge in [-0.05, 0) is 36.6 Å². The Hall–Kier alpha value is -3.40. The summed E-state index contributed by atoms with van der Waals surface area (Å²) in [7, 11) is 0. The Labute approximate surface area is 159 Å². The van der Waals surface area contributed by atoms with Crippen LogP contribution in [0.1, 0.15) is 29.8 Å². The number of nitrogens with zero attached hydrogens (tertiary/aromatic N) is 4. The molecule has 0 bridgehead atoms. The van der Waals surface area contributed by atoms with Crippen molar-refractivity contribution in [2.75, 3.05) is 18.9 Å². The molecule has 28 heavy (non-hydrogen) atoms. The lowest BCUT2D eigenvalue weighted by atomic mass is 9.92. The number of anilines is 1. The van der Waals surface area contributed by atoms with E-state index in [1.165, 1.54) is 6.07 Å². The maximum Gasteiger partial charge on any atom is 0.328 e. The van der Waals surface area contributed by atoms with Gasteiger partial charge in [-0.15, -0.1) is 0 Å². The number of esters is 1. The van der Waals surface area contributed by atoms with E-state index in [1.54, 1.807) is 25.1 Å². The van der Waals surface area contributed by atoms with Crippen molar-refractivity contribution >= 4 is 17.7 Å². The third-order valence-electron chi connectivity index (χ3n) is 4.73. The highest BCUT2D eigenvalue weighted by atomic mass is 16.5. The molecule has 4 rings (SSSR count). The zero-order valence-electron chi connectivity index (χ0n) is 15.3. The fraction of sp³-hybridized carbons (Fsp3) is 0.333. The number of nitrogen functional groups attached to an aromatic ring is 1. The summed E-state index contributed by atoms with van der Waals surface area (Å²) in [6, 6.07) is 5.70. The molecule has 0 radical (unpaired) electrons. The third kappa shape index (κ3) is 3.18. The first-order valence-electron chi connectivity index (χ1n) is 8.93. The number of benzene rings is 1. The van der Waals surface area contributed by atoms with Gasteiger partial charge in [0.1, 0.15) is 11.8 Å². The van der Waals surface area contributed by atoms with Crippen molar-refractivity contribution in [1.29, 1.82) is 0 Å². The lowest BCUT2D eigenvalue weighted by Crippen LogP contribution is -2.40. The SMILES string of the molecule is CCOC(=O)C1c2ccc(O)cc2CCN1Cc1cc(=O)n2[nH]c(N)nc2n1. The second-order valence-electron chi connectivity index (χ2n) is 6.59. The molecular formula is C18H20N6O4. The Morgan fingerprint density at radius 1 is 1.39 bits per heavy atom. The first-order valence-corrected chi connectivity index (χ1v) is 8.93. The number of H-pyrrole nitrogens is 1. The molecule has 2 aromatic heterocycles. The van der Waals surface area contributed by atoms with Gasteiger partial charge >= 0.3 is 5.97 Å². The number of carbonyl (C=O) groups is 1. The number of phenols is 1. The Morgan fingerprint density at radius 2 is 2.21 bits per heavy atom. The van der Waals surface area contributed by atoms with E-state index in [1.807, 2.05) is 4.90 Å². The maximum atomic E-state index is 12.7. The molecule has 1 aliphatic heterocycles. The molecule has 146 valence electrons. The van der Waals surface area contributed by atoms with E-state index in [4.69, 9.17) is 10.5 Å². The van der Waals surface area contributed by atoms with E-state index in [0.717, 1.165) is 15.6 Å². The fourth-order valence-corrected chi connectivity index (χ4v) is 3.57. The summed E-state index contributed by atoms with van der Waals surface area (Å²) in [5.74, 6) is 0.0508. The summed E-state index contributed by atoms with van der Waals surface area (Å²) in [6.07, 6.45) is 0.649. The number of nitrogens with two attached hydrogens (primary N) is 1. The van der Waals surface area contributed by atoms with Crippen LogP contribution < -0.4 is 11.3 Å². The molecule has 3 heterocycles. The van der Waals surface area contributed by atoms with Crippen molar-refractivity contribution in [3.8, 4) is 5.75 Å². The minimum absolute atomic E-state index is 0.0952. The summed E-state index contributed by atoms with van der Waals surface area (Å²) in [6.45, 7) is 2.82. The Morgan fingerprint density at radius 3 is 3.00 bits per heavy atom. The number of ether oxygens (including phenoxy) is 1. The second kappa shape index (κ2) is 6.97. The number of aromatic hydroxyl groups is 1. The Bertz CT molecular complexity index is 1110. The summed E-state index contributed by atoms with van der Waals surface area (Å²) >= 11 is 0. The largest absolute Gasteiger partial charge is 0.508 e. The first-order chi connectivity index (χ1) is 13.5. The van der Waals surface area contributed by atoms with Gasteiger partial charge in [-0.25, -0.2) is 9.78 Å². The zero-order valence-corrected chi connectivity index (χ0v) is 15.3. The van der Waals surface area contributed by atoms with Crippen molar-refractivity contribution in [3.63, 3.8) is 0 Å². The van der Waals surface area contributed by atoms with Crippen LogP contribution in [0.15, 0.2) is 29.1 Å². The minimum Gasteiger partial charge on any atom is -0.508 e. The van der Waals surface area contributed by atoms with Crippen LogP contribution in [-0.2, 0) is 22.5 Å². The number of phenolic OH excluding ortho intramolecular Hbond substituents is 1. The normalized spacial score (nSPS) is 16.8. The third-order valence-corrected chi connectivity index (χ3v) is 4.73. The van der Waals surface area contributed by atoms with Crippen molar-refractivity contribution in [2.45, 2.75) is 25.9 Å². The summed E-state index contributed by atoms with van der Waals surface area (Å²) in [4.78, 5) is 35.2.